The molecule has 5 nitrogen and oxygen atoms in total. The molecule has 0 unspecified atom stereocenters. The molecule has 0 aliphatic heterocycles. The average molecular weight is 217 g/mol. The van der Waals surface area contributed by atoms with Crippen LogP contribution >= 0.6 is 0 Å². The zero-order chi connectivity index (χ0) is 11.7. The normalized spacial score (nSPS) is 10.4. The summed E-state index contributed by atoms with van der Waals surface area (Å²) in [7, 11) is 0. The molecule has 0 amide bonds. The van der Waals surface area contributed by atoms with Gasteiger partial charge < -0.3 is 4.98 Å². The van der Waals surface area contributed by atoms with Gasteiger partial charge in [0.25, 0.3) is 5.69 Å². The molecule has 0 bridgehead atoms. The summed E-state index contributed by atoms with van der Waals surface area (Å²) in [4.78, 5) is 17.8. The number of aryl methyl sites for hydroxylation is 2. The van der Waals surface area contributed by atoms with Crippen molar-refractivity contribution in [1.29, 1.82) is 0 Å². The first-order chi connectivity index (χ1) is 7.59. The van der Waals surface area contributed by atoms with Crippen molar-refractivity contribution in [2.75, 3.05) is 0 Å². The predicted octanol–water partition coefficient (Wildman–Crippen LogP) is 2.60. The highest BCUT2D eigenvalue weighted by Crippen LogP contribution is 2.27. The van der Waals surface area contributed by atoms with Gasteiger partial charge in [-0.2, -0.15) is 0 Å². The van der Waals surface area contributed by atoms with E-state index in [2.05, 4.69) is 9.97 Å². The highest BCUT2D eigenvalue weighted by atomic mass is 16.6. The quantitative estimate of drug-likeness (QED) is 0.620. The fourth-order valence-corrected chi connectivity index (χ4v) is 1.51. The topological polar surface area (TPSA) is 71.8 Å². The molecule has 0 aliphatic rings. The molecule has 2 rings (SSSR count). The van der Waals surface area contributed by atoms with E-state index in [-0.39, 0.29) is 5.69 Å². The monoisotopic (exact) mass is 217 g/mol. The minimum atomic E-state index is -0.400. The van der Waals surface area contributed by atoms with Crippen molar-refractivity contribution in [2.45, 2.75) is 13.8 Å². The Hall–Kier alpha value is -2.17. The Morgan fingerprint density at radius 3 is 2.56 bits per heavy atom. The minimum absolute atomic E-state index is 0.0660. The smallest absolute Gasteiger partial charge is 0.280 e. The van der Waals surface area contributed by atoms with Gasteiger partial charge in [0.2, 0.25) is 0 Å². The second-order valence-corrected chi connectivity index (χ2v) is 3.57. The van der Waals surface area contributed by atoms with E-state index in [1.54, 1.807) is 18.2 Å². The van der Waals surface area contributed by atoms with Gasteiger partial charge in [-0.05, 0) is 19.9 Å². The third kappa shape index (κ3) is 1.67. The van der Waals surface area contributed by atoms with E-state index in [1.165, 1.54) is 6.07 Å². The molecule has 5 heteroatoms. The van der Waals surface area contributed by atoms with Crippen molar-refractivity contribution >= 4 is 5.69 Å². The highest BCUT2D eigenvalue weighted by molar-refractivity contribution is 5.68. The summed E-state index contributed by atoms with van der Waals surface area (Å²) in [6, 6.07) is 6.57. The molecule has 0 aliphatic carbocycles. The van der Waals surface area contributed by atoms with Crippen LogP contribution in [0.2, 0.25) is 0 Å². The first-order valence-electron chi connectivity index (χ1n) is 4.86. The number of para-hydroxylation sites is 1. The third-order valence-corrected chi connectivity index (χ3v) is 2.48. The number of hydrogen-bond donors (Lipinski definition) is 1. The maximum absolute atomic E-state index is 10.9. The molecule has 0 radical (unpaired) electrons. The van der Waals surface area contributed by atoms with Crippen molar-refractivity contribution in [3.8, 4) is 11.4 Å². The van der Waals surface area contributed by atoms with Crippen LogP contribution in [0.15, 0.2) is 24.3 Å². The van der Waals surface area contributed by atoms with E-state index in [0.29, 0.717) is 11.4 Å². The van der Waals surface area contributed by atoms with Crippen LogP contribution in [0.25, 0.3) is 11.4 Å². The summed E-state index contributed by atoms with van der Waals surface area (Å²) in [6.45, 7) is 3.75. The standard InChI is InChI=1S/C11H11N3O2/c1-7-8(2)13-11(12-7)9-5-3-4-6-10(9)14(15)16/h3-6H,1-2H3,(H,12,13). The molecular weight excluding hydrogens is 206 g/mol. The summed E-state index contributed by atoms with van der Waals surface area (Å²) in [6.07, 6.45) is 0. The second-order valence-electron chi connectivity index (χ2n) is 3.57. The Morgan fingerprint density at radius 1 is 1.31 bits per heavy atom. The van der Waals surface area contributed by atoms with Crippen LogP contribution in [0, 0.1) is 24.0 Å². The SMILES string of the molecule is Cc1nc(-c2ccccc2[N+](=O)[O-])[nH]c1C. The maximum atomic E-state index is 10.9. The molecule has 16 heavy (non-hydrogen) atoms. The van der Waals surface area contributed by atoms with Gasteiger partial charge >= 0.3 is 0 Å². The van der Waals surface area contributed by atoms with E-state index in [9.17, 15) is 10.1 Å². The second kappa shape index (κ2) is 3.77. The van der Waals surface area contributed by atoms with Crippen LogP contribution < -0.4 is 0 Å². The van der Waals surface area contributed by atoms with Crippen LogP contribution in [0.5, 0.6) is 0 Å². The Labute approximate surface area is 92.3 Å². The molecule has 82 valence electrons. The highest BCUT2D eigenvalue weighted by Gasteiger charge is 2.16. The summed E-state index contributed by atoms with van der Waals surface area (Å²) in [5, 5.41) is 10.9. The van der Waals surface area contributed by atoms with Crippen molar-refractivity contribution in [3.05, 3.63) is 45.8 Å². The van der Waals surface area contributed by atoms with Gasteiger partial charge in [0, 0.05) is 11.8 Å². The van der Waals surface area contributed by atoms with Gasteiger partial charge in [0.05, 0.1) is 16.2 Å². The molecule has 1 heterocycles. The number of nitro groups is 1. The third-order valence-electron chi connectivity index (χ3n) is 2.48. The Balaban J connectivity index is 2.59. The number of hydrogen-bond acceptors (Lipinski definition) is 3. The number of nitro benzene ring substituents is 1. The fourth-order valence-electron chi connectivity index (χ4n) is 1.51. The molecule has 0 atom stereocenters. The maximum Gasteiger partial charge on any atom is 0.280 e. The molecule has 0 spiro atoms. The van der Waals surface area contributed by atoms with Crippen molar-refractivity contribution in [3.63, 3.8) is 0 Å². The molecular formula is C11H11N3O2. The fraction of sp³-hybridized carbons (Fsp3) is 0.182. The van der Waals surface area contributed by atoms with E-state index < -0.39 is 4.92 Å². The summed E-state index contributed by atoms with van der Waals surface area (Å²) < 4.78 is 0. The van der Waals surface area contributed by atoms with Gasteiger partial charge in [-0.15, -0.1) is 0 Å². The predicted molar refractivity (Wildman–Crippen MR) is 60.2 cm³/mol. The molecule has 0 saturated heterocycles. The molecule has 2 aromatic rings. The lowest BCUT2D eigenvalue weighted by Gasteiger charge is -1.98. The molecule has 0 saturated carbocycles. The summed E-state index contributed by atoms with van der Waals surface area (Å²) in [5.41, 5.74) is 2.36. The number of aromatic amines is 1. The number of H-pyrrole nitrogens is 1. The van der Waals surface area contributed by atoms with Crippen molar-refractivity contribution in [2.24, 2.45) is 0 Å². The lowest BCUT2D eigenvalue weighted by Crippen LogP contribution is -1.92. The summed E-state index contributed by atoms with van der Waals surface area (Å²) >= 11 is 0. The zero-order valence-corrected chi connectivity index (χ0v) is 9.02. The van der Waals surface area contributed by atoms with Crippen LogP contribution in [0.3, 0.4) is 0 Å². The Morgan fingerprint density at radius 2 is 2.00 bits per heavy atom. The van der Waals surface area contributed by atoms with Crippen molar-refractivity contribution < 1.29 is 4.92 Å². The van der Waals surface area contributed by atoms with E-state index >= 15 is 0 Å². The van der Waals surface area contributed by atoms with E-state index in [0.717, 1.165) is 11.4 Å². The van der Waals surface area contributed by atoms with Gasteiger partial charge in [-0.1, -0.05) is 12.1 Å². The van der Waals surface area contributed by atoms with E-state index in [1.807, 2.05) is 13.8 Å². The van der Waals surface area contributed by atoms with Gasteiger partial charge in [-0.3, -0.25) is 10.1 Å². The first-order valence-corrected chi connectivity index (χ1v) is 4.86. The number of benzene rings is 1. The molecule has 1 aromatic carbocycles. The number of aromatic nitrogens is 2. The molecule has 1 aromatic heterocycles. The lowest BCUT2D eigenvalue weighted by molar-refractivity contribution is -0.384. The number of imidazole rings is 1. The Bertz CT molecular complexity index is 526. The molecule has 0 fully saturated rings. The first kappa shape index (κ1) is 10.4. The molecule has 1 N–H and O–H groups in total. The van der Waals surface area contributed by atoms with Gasteiger partial charge in [0.15, 0.2) is 0 Å². The number of nitrogens with zero attached hydrogens (tertiary/aromatic N) is 2. The summed E-state index contributed by atoms with van der Waals surface area (Å²) in [5.74, 6) is 0.544. The largest absolute Gasteiger partial charge is 0.342 e. The Kier molecular flexibility index (Phi) is 2.44. The van der Waals surface area contributed by atoms with Crippen LogP contribution in [-0.2, 0) is 0 Å². The minimum Gasteiger partial charge on any atom is -0.342 e. The number of rotatable bonds is 2. The van der Waals surface area contributed by atoms with Gasteiger partial charge in [0.1, 0.15) is 5.82 Å². The zero-order valence-electron chi connectivity index (χ0n) is 9.02. The van der Waals surface area contributed by atoms with Crippen LogP contribution in [0.1, 0.15) is 11.4 Å². The van der Waals surface area contributed by atoms with Crippen LogP contribution in [0.4, 0.5) is 5.69 Å². The van der Waals surface area contributed by atoms with Gasteiger partial charge in [-0.25, -0.2) is 4.98 Å². The van der Waals surface area contributed by atoms with Crippen LogP contribution in [-0.4, -0.2) is 14.9 Å². The number of nitrogens with one attached hydrogen (secondary N) is 1. The lowest BCUT2D eigenvalue weighted by atomic mass is 10.2. The average Bonchev–Trinajstić information content (AvgIpc) is 2.59. The van der Waals surface area contributed by atoms with E-state index in [4.69, 9.17) is 0 Å². The van der Waals surface area contributed by atoms with Crippen molar-refractivity contribution in [1.82, 2.24) is 9.97 Å².